The van der Waals surface area contributed by atoms with Crippen molar-refractivity contribution < 1.29 is 4.79 Å². The molecular formula is C26H35N5O. The lowest BCUT2D eigenvalue weighted by Gasteiger charge is -2.29. The number of aromatic nitrogens is 1. The number of nitrogens with one attached hydrogen (secondary N) is 2. The van der Waals surface area contributed by atoms with Crippen LogP contribution in [0.1, 0.15) is 26.7 Å². The van der Waals surface area contributed by atoms with Gasteiger partial charge >= 0.3 is 6.03 Å². The Balaban J connectivity index is 1.36. The second kappa shape index (κ2) is 9.65. The van der Waals surface area contributed by atoms with Crippen LogP contribution in [0.3, 0.4) is 0 Å². The van der Waals surface area contributed by atoms with E-state index in [9.17, 15) is 4.79 Å². The second-order valence-electron chi connectivity index (χ2n) is 9.36. The summed E-state index contributed by atoms with van der Waals surface area (Å²) in [7, 11) is 4.16. The average Bonchev–Trinajstić information content (AvgIpc) is 3.40. The van der Waals surface area contributed by atoms with Crippen molar-refractivity contribution in [3.05, 3.63) is 54.7 Å². The molecule has 2 aromatic carbocycles. The predicted molar refractivity (Wildman–Crippen MR) is 135 cm³/mol. The van der Waals surface area contributed by atoms with E-state index in [0.717, 1.165) is 36.4 Å². The van der Waals surface area contributed by atoms with E-state index in [0.29, 0.717) is 12.0 Å². The number of rotatable bonds is 7. The smallest absolute Gasteiger partial charge is 0.323 e. The topological polar surface area (TPSA) is 52.5 Å². The number of carbonyl (C=O) groups is 1. The van der Waals surface area contributed by atoms with Crippen molar-refractivity contribution in [1.82, 2.24) is 9.47 Å². The molecule has 0 aliphatic carbocycles. The lowest BCUT2D eigenvalue weighted by Crippen LogP contribution is -2.33. The van der Waals surface area contributed by atoms with E-state index < -0.39 is 0 Å². The minimum absolute atomic E-state index is 0.231. The molecule has 2 N–H and O–H groups in total. The number of nitrogens with zero attached hydrogens (tertiary/aromatic N) is 3. The maximum atomic E-state index is 12.5. The van der Waals surface area contributed by atoms with Crippen molar-refractivity contribution in [2.45, 2.75) is 39.3 Å². The molecular weight excluding hydrogens is 398 g/mol. The van der Waals surface area contributed by atoms with Crippen molar-refractivity contribution in [3.8, 4) is 0 Å². The highest BCUT2D eigenvalue weighted by molar-refractivity contribution is 6.01. The SMILES string of the molecule is CC(C)C1CCCN1c1ccc(NC(=O)Nc2ccc3c(ccn3CCN(C)C)c2)cc1. The van der Waals surface area contributed by atoms with Crippen LogP contribution in [0.5, 0.6) is 0 Å². The largest absolute Gasteiger partial charge is 0.368 e. The van der Waals surface area contributed by atoms with Crippen molar-refractivity contribution in [1.29, 1.82) is 0 Å². The van der Waals surface area contributed by atoms with Crippen LogP contribution < -0.4 is 15.5 Å². The van der Waals surface area contributed by atoms with Crippen LogP contribution >= 0.6 is 0 Å². The zero-order valence-electron chi connectivity index (χ0n) is 19.6. The molecule has 3 aromatic rings. The molecule has 1 atom stereocenters. The number of anilines is 3. The standard InChI is InChI=1S/C26H35N5O/c1-19(2)24-6-5-14-31(24)23-10-7-21(8-11-23)27-26(32)28-22-9-12-25-20(18-22)13-15-30(25)17-16-29(3)4/h7-13,15,18-19,24H,5-6,14,16-17H2,1-4H3,(H2,27,28,32). The minimum atomic E-state index is -0.231. The number of hydrogen-bond donors (Lipinski definition) is 2. The highest BCUT2D eigenvalue weighted by Gasteiger charge is 2.27. The van der Waals surface area contributed by atoms with Gasteiger partial charge in [0.2, 0.25) is 0 Å². The maximum Gasteiger partial charge on any atom is 0.323 e. The summed E-state index contributed by atoms with van der Waals surface area (Å²) in [4.78, 5) is 17.2. The molecule has 1 aromatic heterocycles. The van der Waals surface area contributed by atoms with Crippen LogP contribution in [-0.4, -0.2) is 48.7 Å². The summed E-state index contributed by atoms with van der Waals surface area (Å²) in [6.45, 7) is 7.62. The molecule has 0 spiro atoms. The molecule has 6 heteroatoms. The molecule has 1 fully saturated rings. The zero-order chi connectivity index (χ0) is 22.7. The molecule has 170 valence electrons. The highest BCUT2D eigenvalue weighted by Crippen LogP contribution is 2.30. The first-order valence-electron chi connectivity index (χ1n) is 11.6. The summed E-state index contributed by atoms with van der Waals surface area (Å²) in [5.74, 6) is 0.642. The van der Waals surface area contributed by atoms with Gasteiger partial charge in [0.25, 0.3) is 0 Å². The van der Waals surface area contributed by atoms with Crippen LogP contribution in [0, 0.1) is 5.92 Å². The van der Waals surface area contributed by atoms with Crippen LogP contribution in [-0.2, 0) is 6.54 Å². The first-order valence-corrected chi connectivity index (χ1v) is 11.6. The Bertz CT molecular complexity index is 1050. The Kier molecular flexibility index (Phi) is 6.70. The van der Waals surface area contributed by atoms with Gasteiger partial charge in [-0.05, 0) is 81.4 Å². The molecule has 32 heavy (non-hydrogen) atoms. The summed E-state index contributed by atoms with van der Waals surface area (Å²) >= 11 is 0. The van der Waals surface area contributed by atoms with Gasteiger partial charge in [0.05, 0.1) is 0 Å². The van der Waals surface area contributed by atoms with Gasteiger partial charge in [-0.15, -0.1) is 0 Å². The molecule has 1 aliphatic rings. The van der Waals surface area contributed by atoms with Crippen LogP contribution in [0.15, 0.2) is 54.7 Å². The van der Waals surface area contributed by atoms with E-state index in [4.69, 9.17) is 0 Å². The first kappa shape index (κ1) is 22.2. The van der Waals surface area contributed by atoms with Gasteiger partial charge in [-0.3, -0.25) is 0 Å². The lowest BCUT2D eigenvalue weighted by atomic mass is 10.0. The third-order valence-electron chi connectivity index (χ3n) is 6.34. The zero-order valence-corrected chi connectivity index (χ0v) is 19.6. The van der Waals surface area contributed by atoms with E-state index in [2.05, 4.69) is 83.4 Å². The Morgan fingerprint density at radius 1 is 1.06 bits per heavy atom. The highest BCUT2D eigenvalue weighted by atomic mass is 16.2. The molecule has 2 amide bonds. The Hall–Kier alpha value is -2.99. The van der Waals surface area contributed by atoms with Gasteiger partial charge in [-0.25, -0.2) is 4.79 Å². The number of amides is 2. The fourth-order valence-electron chi connectivity index (χ4n) is 4.62. The van der Waals surface area contributed by atoms with Gasteiger partial charge in [0.1, 0.15) is 0 Å². The summed E-state index contributed by atoms with van der Waals surface area (Å²) in [5, 5.41) is 7.03. The Morgan fingerprint density at radius 3 is 2.50 bits per heavy atom. The second-order valence-corrected chi connectivity index (χ2v) is 9.36. The van der Waals surface area contributed by atoms with Crippen LogP contribution in [0.4, 0.5) is 21.9 Å². The van der Waals surface area contributed by atoms with Gasteiger partial charge in [0.15, 0.2) is 0 Å². The van der Waals surface area contributed by atoms with Gasteiger partial charge in [-0.2, -0.15) is 0 Å². The minimum Gasteiger partial charge on any atom is -0.368 e. The first-order chi connectivity index (χ1) is 15.4. The van der Waals surface area contributed by atoms with Crippen molar-refractivity contribution in [2.24, 2.45) is 5.92 Å². The van der Waals surface area contributed by atoms with E-state index >= 15 is 0 Å². The number of hydrogen-bond acceptors (Lipinski definition) is 3. The van der Waals surface area contributed by atoms with Crippen molar-refractivity contribution in [3.63, 3.8) is 0 Å². The monoisotopic (exact) mass is 433 g/mol. The van der Waals surface area contributed by atoms with Gasteiger partial charge in [-0.1, -0.05) is 13.8 Å². The summed E-state index contributed by atoms with van der Waals surface area (Å²) < 4.78 is 2.24. The fourth-order valence-corrected chi connectivity index (χ4v) is 4.62. The molecule has 0 radical (unpaired) electrons. The van der Waals surface area contributed by atoms with Crippen molar-refractivity contribution in [2.75, 3.05) is 42.7 Å². The molecule has 1 aliphatic heterocycles. The quantitative estimate of drug-likeness (QED) is 0.519. The average molecular weight is 434 g/mol. The van der Waals surface area contributed by atoms with E-state index in [1.54, 1.807) is 0 Å². The third-order valence-corrected chi connectivity index (χ3v) is 6.34. The summed E-state index contributed by atoms with van der Waals surface area (Å²) in [6.07, 6.45) is 4.60. The fraction of sp³-hybridized carbons (Fsp3) is 0.423. The third kappa shape index (κ3) is 5.07. The Labute approximate surface area is 191 Å². The maximum absolute atomic E-state index is 12.5. The molecule has 0 saturated carbocycles. The number of carbonyl (C=O) groups excluding carboxylic acids is 1. The number of likely N-dealkylation sites (N-methyl/N-ethyl adjacent to an activating group) is 1. The molecule has 6 nitrogen and oxygen atoms in total. The molecule has 1 unspecified atom stereocenters. The molecule has 0 bridgehead atoms. The molecule has 4 rings (SSSR count). The van der Waals surface area contributed by atoms with E-state index in [1.807, 2.05) is 24.3 Å². The van der Waals surface area contributed by atoms with Gasteiger partial charge < -0.3 is 25.0 Å². The lowest BCUT2D eigenvalue weighted by molar-refractivity contribution is 0.262. The summed E-state index contributed by atoms with van der Waals surface area (Å²) in [6, 6.07) is 16.7. The number of benzene rings is 2. The number of fused-ring (bicyclic) bond motifs is 1. The van der Waals surface area contributed by atoms with Crippen LogP contribution in [0.2, 0.25) is 0 Å². The van der Waals surface area contributed by atoms with Crippen molar-refractivity contribution >= 4 is 34.0 Å². The van der Waals surface area contributed by atoms with E-state index in [-0.39, 0.29) is 6.03 Å². The summed E-state index contributed by atoms with van der Waals surface area (Å²) in [5.41, 5.74) is 3.99. The number of urea groups is 1. The molecule has 1 saturated heterocycles. The normalized spacial score (nSPS) is 16.3. The van der Waals surface area contributed by atoms with E-state index in [1.165, 1.54) is 24.0 Å². The van der Waals surface area contributed by atoms with Gasteiger partial charge in [0, 0.05) is 59.8 Å². The van der Waals surface area contributed by atoms with Crippen LogP contribution in [0.25, 0.3) is 10.9 Å². The Morgan fingerprint density at radius 2 is 1.78 bits per heavy atom. The predicted octanol–water partition coefficient (Wildman–Crippen LogP) is 5.47. The molecule has 2 heterocycles.